The molecule has 5 aromatic rings. The zero-order chi connectivity index (χ0) is 29.3. The first kappa shape index (κ1) is 29.3. The van der Waals surface area contributed by atoms with Crippen LogP contribution >= 0.6 is 23.2 Å². The third kappa shape index (κ3) is 6.98. The lowest BCUT2D eigenvalue weighted by Crippen LogP contribution is -2.27. The van der Waals surface area contributed by atoms with Gasteiger partial charge in [0.15, 0.2) is 0 Å². The molecule has 0 radical (unpaired) electrons. The van der Waals surface area contributed by atoms with Crippen molar-refractivity contribution < 1.29 is 19.3 Å². The fourth-order valence-electron chi connectivity index (χ4n) is 4.86. The van der Waals surface area contributed by atoms with Crippen molar-refractivity contribution in [3.8, 4) is 11.5 Å². The second kappa shape index (κ2) is 14.1. The highest BCUT2D eigenvalue weighted by atomic mass is 35.5. The molecule has 0 aliphatic rings. The summed E-state index contributed by atoms with van der Waals surface area (Å²) in [7, 11) is 1.62. The molecule has 5 rings (SSSR count). The van der Waals surface area contributed by atoms with Crippen molar-refractivity contribution in [3.63, 3.8) is 0 Å². The van der Waals surface area contributed by atoms with Gasteiger partial charge in [0, 0.05) is 54.4 Å². The third-order valence-electron chi connectivity index (χ3n) is 6.92. The number of carbonyl (C=O) groups excluding carboxylic acids is 1. The summed E-state index contributed by atoms with van der Waals surface area (Å²) in [6.45, 7) is 1.69. The summed E-state index contributed by atoms with van der Waals surface area (Å²) in [5.74, 6) is 2.20. The van der Waals surface area contributed by atoms with Crippen LogP contribution in [0.25, 0.3) is 21.8 Å². The lowest BCUT2D eigenvalue weighted by molar-refractivity contribution is -0.310. The van der Waals surface area contributed by atoms with Gasteiger partial charge in [0.1, 0.15) is 11.5 Å². The molecule has 9 heteroatoms. The minimum atomic E-state index is -0.152. The highest BCUT2D eigenvalue weighted by Gasteiger charge is 2.16. The highest BCUT2D eigenvalue weighted by molar-refractivity contribution is 6.18. The standard InChI is InChI=1S/C33H32Cl2N4O3/c1-41-31-22-23(36-32(40)16-21-42-25-13-11-24(12-14-25)39(19-17-34)20-18-35)10-15-30(31)38-33-26-6-2-4-8-28(26)37-29-9-5-3-7-27(29)33/h2-15,22H,16-21H2,1H3,(H,36,40)(H,37,38)/p+1. The van der Waals surface area contributed by atoms with Crippen LogP contribution in [0.2, 0.25) is 0 Å². The first-order chi connectivity index (χ1) is 20.6. The lowest BCUT2D eigenvalue weighted by Gasteiger charge is -2.23. The Bertz CT molecular complexity index is 1600. The van der Waals surface area contributed by atoms with E-state index in [-0.39, 0.29) is 18.9 Å². The average Bonchev–Trinajstić information content (AvgIpc) is 3.02. The molecule has 0 aliphatic heterocycles. The fraction of sp³-hybridized carbons (Fsp3) is 0.212. The largest absolute Gasteiger partial charge is 0.494 e. The first-order valence-corrected chi connectivity index (χ1v) is 14.8. The number of methoxy groups -OCH3 is 1. The maximum Gasteiger partial charge on any atom is 0.227 e. The summed E-state index contributed by atoms with van der Waals surface area (Å²) < 4.78 is 11.5. The van der Waals surface area contributed by atoms with Crippen LogP contribution in [0.15, 0.2) is 91.0 Å². The molecular weight excluding hydrogens is 571 g/mol. The number of pyridine rings is 1. The van der Waals surface area contributed by atoms with Gasteiger partial charge in [-0.2, -0.15) is 0 Å². The van der Waals surface area contributed by atoms with E-state index in [0.29, 0.717) is 28.9 Å². The van der Waals surface area contributed by atoms with Crippen molar-refractivity contribution >= 4 is 73.7 Å². The lowest BCUT2D eigenvalue weighted by atomic mass is 10.1. The van der Waals surface area contributed by atoms with Gasteiger partial charge in [0.05, 0.1) is 42.3 Å². The predicted octanol–water partition coefficient (Wildman–Crippen LogP) is 7.25. The summed E-state index contributed by atoms with van der Waals surface area (Å²) in [6.07, 6.45) is 0.202. The minimum Gasteiger partial charge on any atom is -0.494 e. The van der Waals surface area contributed by atoms with Crippen LogP contribution in [0, 0.1) is 0 Å². The van der Waals surface area contributed by atoms with Gasteiger partial charge in [-0.1, -0.05) is 24.3 Å². The van der Waals surface area contributed by atoms with E-state index in [1.807, 2.05) is 66.7 Å². The average molecular weight is 605 g/mol. The Morgan fingerprint density at radius 3 is 2.12 bits per heavy atom. The van der Waals surface area contributed by atoms with E-state index < -0.39 is 0 Å². The van der Waals surface area contributed by atoms with Gasteiger partial charge in [-0.25, -0.2) is 4.98 Å². The second-order valence-electron chi connectivity index (χ2n) is 9.64. The Labute approximate surface area is 255 Å². The molecule has 0 atom stereocenters. The van der Waals surface area contributed by atoms with E-state index in [9.17, 15) is 4.79 Å². The van der Waals surface area contributed by atoms with E-state index in [2.05, 4.69) is 44.8 Å². The molecule has 0 bridgehead atoms. The molecule has 1 amide bonds. The van der Waals surface area contributed by atoms with E-state index in [1.54, 1.807) is 7.11 Å². The Balaban J connectivity index is 1.22. The molecule has 42 heavy (non-hydrogen) atoms. The minimum absolute atomic E-state index is 0.152. The number of aromatic nitrogens is 1. The quantitative estimate of drug-likeness (QED) is 0.109. The summed E-state index contributed by atoms with van der Waals surface area (Å²) in [4.78, 5) is 18.3. The number of benzene rings is 4. The second-order valence-corrected chi connectivity index (χ2v) is 10.4. The molecule has 0 unspecified atom stereocenters. The molecule has 216 valence electrons. The number of alkyl halides is 2. The van der Waals surface area contributed by atoms with Crippen molar-refractivity contribution in [2.24, 2.45) is 0 Å². The van der Waals surface area contributed by atoms with Crippen LogP contribution < -0.4 is 30.0 Å². The Morgan fingerprint density at radius 1 is 0.857 bits per heavy atom. The van der Waals surface area contributed by atoms with Gasteiger partial charge in [0.25, 0.3) is 0 Å². The molecule has 0 saturated carbocycles. The van der Waals surface area contributed by atoms with Crippen LogP contribution in [0.5, 0.6) is 11.5 Å². The SMILES string of the molecule is COc1cc(NC(=O)CCOc2ccc(N(CCCl)CCCl)cc2)ccc1Nc1c2ccccc2[nH+]c2ccccc12. The third-order valence-corrected chi connectivity index (χ3v) is 7.25. The fourth-order valence-corrected chi connectivity index (χ4v) is 5.27. The molecular formula is C33H33Cl2N4O3+. The monoisotopic (exact) mass is 603 g/mol. The molecule has 0 fully saturated rings. The molecule has 4 aromatic carbocycles. The number of hydrogen-bond acceptors (Lipinski definition) is 5. The summed E-state index contributed by atoms with van der Waals surface area (Å²) in [6, 6.07) is 29.6. The van der Waals surface area contributed by atoms with E-state index >= 15 is 0 Å². The summed E-state index contributed by atoms with van der Waals surface area (Å²) >= 11 is 11.8. The van der Waals surface area contributed by atoms with Crippen LogP contribution in [0.4, 0.5) is 22.7 Å². The number of anilines is 4. The van der Waals surface area contributed by atoms with Gasteiger partial charge in [-0.15, -0.1) is 23.2 Å². The molecule has 0 saturated heterocycles. The predicted molar refractivity (Wildman–Crippen MR) is 173 cm³/mol. The van der Waals surface area contributed by atoms with Gasteiger partial charge in [-0.05, 0) is 48.5 Å². The molecule has 0 aliphatic carbocycles. The number of ether oxygens (including phenoxy) is 2. The Kier molecular flexibility index (Phi) is 9.85. The number of rotatable bonds is 13. The maximum absolute atomic E-state index is 12.7. The summed E-state index contributed by atoms with van der Waals surface area (Å²) in [5, 5.41) is 8.64. The van der Waals surface area contributed by atoms with Crippen molar-refractivity contribution in [2.45, 2.75) is 6.42 Å². The van der Waals surface area contributed by atoms with Gasteiger partial charge < -0.3 is 25.0 Å². The number of para-hydroxylation sites is 2. The smallest absolute Gasteiger partial charge is 0.227 e. The van der Waals surface area contributed by atoms with E-state index in [0.717, 1.165) is 52.0 Å². The summed E-state index contributed by atoms with van der Waals surface area (Å²) in [5.41, 5.74) is 5.49. The van der Waals surface area contributed by atoms with Gasteiger partial charge in [0.2, 0.25) is 16.9 Å². The van der Waals surface area contributed by atoms with Crippen molar-refractivity contribution in [3.05, 3.63) is 91.0 Å². The Morgan fingerprint density at radius 2 is 1.50 bits per heavy atom. The topological polar surface area (TPSA) is 77.0 Å². The van der Waals surface area contributed by atoms with Crippen molar-refractivity contribution in [1.29, 1.82) is 0 Å². The number of nitrogens with one attached hydrogen (secondary N) is 3. The van der Waals surface area contributed by atoms with Crippen molar-refractivity contribution in [1.82, 2.24) is 0 Å². The molecule has 7 nitrogen and oxygen atoms in total. The van der Waals surface area contributed by atoms with E-state index in [4.69, 9.17) is 32.7 Å². The zero-order valence-corrected chi connectivity index (χ0v) is 24.8. The van der Waals surface area contributed by atoms with Crippen molar-refractivity contribution in [2.75, 3.05) is 54.1 Å². The zero-order valence-electron chi connectivity index (χ0n) is 23.3. The molecule has 1 heterocycles. The number of hydrogen-bond donors (Lipinski definition) is 2. The number of halogens is 2. The number of carbonyl (C=O) groups is 1. The van der Waals surface area contributed by atoms with Crippen LogP contribution in [0.3, 0.4) is 0 Å². The molecule has 0 spiro atoms. The number of fused-ring (bicyclic) bond motifs is 2. The van der Waals surface area contributed by atoms with Gasteiger partial charge in [-0.3, -0.25) is 4.79 Å². The number of amides is 1. The highest BCUT2D eigenvalue weighted by Crippen LogP contribution is 2.36. The normalized spacial score (nSPS) is 10.9. The number of H-pyrrole nitrogens is 1. The van der Waals surface area contributed by atoms with Crippen LogP contribution in [-0.4, -0.2) is 44.5 Å². The first-order valence-electron chi connectivity index (χ1n) is 13.8. The maximum atomic E-state index is 12.7. The Hall–Kier alpha value is -4.20. The van der Waals surface area contributed by atoms with E-state index in [1.165, 1.54) is 0 Å². The number of nitrogens with zero attached hydrogens (tertiary/aromatic N) is 1. The van der Waals surface area contributed by atoms with Gasteiger partial charge >= 0.3 is 0 Å². The van der Waals surface area contributed by atoms with Crippen LogP contribution in [0.1, 0.15) is 6.42 Å². The number of aromatic amines is 1. The molecule has 1 aromatic heterocycles. The molecule has 3 N–H and O–H groups in total. The van der Waals surface area contributed by atoms with Crippen LogP contribution in [-0.2, 0) is 4.79 Å².